The van der Waals surface area contributed by atoms with E-state index in [1.807, 2.05) is 30.3 Å². The largest absolute Gasteiger partial charge is 0.348 e. The van der Waals surface area contributed by atoms with Gasteiger partial charge in [-0.15, -0.1) is 10.3 Å². The van der Waals surface area contributed by atoms with E-state index in [0.717, 1.165) is 10.6 Å². The minimum atomic E-state index is -1.80. The highest BCUT2D eigenvalue weighted by atomic mass is 35.5. The van der Waals surface area contributed by atoms with Gasteiger partial charge in [-0.1, -0.05) is 23.7 Å². The molecule has 3 aromatic rings. The number of aromatic amines is 1. The van der Waals surface area contributed by atoms with Crippen molar-refractivity contribution in [3.05, 3.63) is 52.4 Å². The number of nitrogens with zero attached hydrogens (tertiary/aromatic N) is 3. The van der Waals surface area contributed by atoms with Gasteiger partial charge in [0.15, 0.2) is 10.6 Å². The van der Waals surface area contributed by atoms with Gasteiger partial charge in [-0.2, -0.15) is 5.10 Å². The van der Waals surface area contributed by atoms with Crippen molar-refractivity contribution in [1.29, 1.82) is 0 Å². The van der Waals surface area contributed by atoms with E-state index in [-0.39, 0.29) is 0 Å². The fourth-order valence-electron chi connectivity index (χ4n) is 2.13. The fourth-order valence-corrected chi connectivity index (χ4v) is 3.30. The van der Waals surface area contributed by atoms with Crippen LogP contribution in [0.1, 0.15) is 0 Å². The average molecular weight is 367 g/mol. The zero-order valence-corrected chi connectivity index (χ0v) is 14.9. The average Bonchev–Trinajstić information content (AvgIpc) is 2.89. The van der Waals surface area contributed by atoms with Crippen molar-refractivity contribution in [3.8, 4) is 17.2 Å². The SMILES string of the molecule is CS(C)(O)c1ccc(-c2n[nH]c(=S)n2-c2ccccc2Cl)nc1. The van der Waals surface area contributed by atoms with Gasteiger partial charge in [0.25, 0.3) is 0 Å². The molecule has 0 spiro atoms. The number of nitrogens with one attached hydrogen (secondary N) is 1. The molecule has 0 bridgehead atoms. The molecule has 0 atom stereocenters. The van der Waals surface area contributed by atoms with Gasteiger partial charge >= 0.3 is 0 Å². The standard InChI is InChI=1S/C15H15ClN4OS2/c1-23(2,21)10-7-8-12(17-9-10)14-18-19-15(22)20(14)13-6-4-3-5-11(13)16/h3-9,21H,1-2H3,(H,19,22). The summed E-state index contributed by atoms with van der Waals surface area (Å²) >= 11 is 11.6. The van der Waals surface area contributed by atoms with E-state index < -0.39 is 10.3 Å². The first-order valence-corrected chi connectivity index (χ1v) is 9.92. The number of hydrogen-bond donors (Lipinski definition) is 2. The molecule has 2 heterocycles. The molecule has 23 heavy (non-hydrogen) atoms. The summed E-state index contributed by atoms with van der Waals surface area (Å²) < 4.78 is 12.3. The highest BCUT2D eigenvalue weighted by Gasteiger charge is 2.16. The number of hydrogen-bond acceptors (Lipinski definition) is 4. The Bertz CT molecular complexity index is 897. The van der Waals surface area contributed by atoms with Crippen molar-refractivity contribution in [2.45, 2.75) is 4.90 Å². The molecule has 5 nitrogen and oxygen atoms in total. The number of halogens is 1. The molecule has 0 aliphatic carbocycles. The molecule has 0 amide bonds. The number of para-hydroxylation sites is 1. The van der Waals surface area contributed by atoms with Crippen LogP contribution in [0.25, 0.3) is 17.2 Å². The van der Waals surface area contributed by atoms with E-state index in [9.17, 15) is 4.55 Å². The molecule has 2 N–H and O–H groups in total. The Morgan fingerprint density at radius 2 is 1.96 bits per heavy atom. The van der Waals surface area contributed by atoms with Gasteiger partial charge in [0.1, 0.15) is 5.69 Å². The molecule has 0 aliphatic heterocycles. The molecule has 8 heteroatoms. The fraction of sp³-hybridized carbons (Fsp3) is 0.133. The lowest BCUT2D eigenvalue weighted by molar-refractivity contribution is 0.636. The van der Waals surface area contributed by atoms with Crippen molar-refractivity contribution in [3.63, 3.8) is 0 Å². The monoisotopic (exact) mass is 366 g/mol. The molecule has 0 radical (unpaired) electrons. The molecule has 0 aliphatic rings. The third kappa shape index (κ3) is 3.18. The maximum atomic E-state index is 10.1. The van der Waals surface area contributed by atoms with Gasteiger partial charge in [0.2, 0.25) is 0 Å². The number of H-pyrrole nitrogens is 1. The topological polar surface area (TPSA) is 66.7 Å². The van der Waals surface area contributed by atoms with Gasteiger partial charge < -0.3 is 4.55 Å². The van der Waals surface area contributed by atoms with Gasteiger partial charge in [-0.25, -0.2) is 0 Å². The van der Waals surface area contributed by atoms with Crippen LogP contribution in [0.4, 0.5) is 0 Å². The Balaban J connectivity index is 2.13. The molecule has 1 aromatic carbocycles. The number of pyridine rings is 1. The summed E-state index contributed by atoms with van der Waals surface area (Å²) in [5, 5.41) is 7.62. The normalized spacial score (nSPS) is 12.3. The van der Waals surface area contributed by atoms with Crippen LogP contribution >= 0.6 is 34.1 Å². The molecule has 0 saturated carbocycles. The smallest absolute Gasteiger partial charge is 0.200 e. The van der Waals surface area contributed by atoms with E-state index in [1.165, 1.54) is 0 Å². The van der Waals surface area contributed by atoms with Gasteiger partial charge in [0.05, 0.1) is 10.7 Å². The van der Waals surface area contributed by atoms with Crippen LogP contribution in [0.3, 0.4) is 0 Å². The summed E-state index contributed by atoms with van der Waals surface area (Å²) in [6.07, 6.45) is 5.26. The predicted molar refractivity (Wildman–Crippen MR) is 97.3 cm³/mol. The van der Waals surface area contributed by atoms with Crippen molar-refractivity contribution < 1.29 is 4.55 Å². The minimum Gasteiger partial charge on any atom is -0.348 e. The second kappa shape index (κ2) is 6.09. The highest BCUT2D eigenvalue weighted by Crippen LogP contribution is 2.44. The molecule has 120 valence electrons. The molecule has 2 aromatic heterocycles. The van der Waals surface area contributed by atoms with Crippen molar-refractivity contribution in [1.82, 2.24) is 19.7 Å². The Morgan fingerprint density at radius 1 is 1.22 bits per heavy atom. The number of benzene rings is 1. The van der Waals surface area contributed by atoms with Crippen LogP contribution < -0.4 is 0 Å². The van der Waals surface area contributed by atoms with E-state index in [2.05, 4.69) is 15.2 Å². The Hall–Kier alpha value is -1.67. The molecular weight excluding hydrogens is 352 g/mol. The lowest BCUT2D eigenvalue weighted by Gasteiger charge is -2.23. The van der Waals surface area contributed by atoms with E-state index in [4.69, 9.17) is 23.8 Å². The molecule has 0 unspecified atom stereocenters. The van der Waals surface area contributed by atoms with Crippen LogP contribution in [0.5, 0.6) is 0 Å². The third-order valence-corrected chi connectivity index (χ3v) is 5.30. The zero-order chi connectivity index (χ0) is 16.6. The highest BCUT2D eigenvalue weighted by molar-refractivity contribution is 8.28. The maximum Gasteiger partial charge on any atom is 0.200 e. The van der Waals surface area contributed by atoms with Gasteiger partial charge in [-0.3, -0.25) is 14.6 Å². The van der Waals surface area contributed by atoms with Crippen molar-refractivity contribution in [2.24, 2.45) is 0 Å². The Kier molecular flexibility index (Phi) is 4.29. The maximum absolute atomic E-state index is 10.1. The van der Waals surface area contributed by atoms with Crippen LogP contribution in [-0.2, 0) is 0 Å². The van der Waals surface area contributed by atoms with Crippen LogP contribution in [-0.4, -0.2) is 36.8 Å². The summed E-state index contributed by atoms with van der Waals surface area (Å²) in [6, 6.07) is 11.1. The van der Waals surface area contributed by atoms with Crippen LogP contribution in [0, 0.1) is 4.77 Å². The van der Waals surface area contributed by atoms with Crippen molar-refractivity contribution in [2.75, 3.05) is 12.5 Å². The summed E-state index contributed by atoms with van der Waals surface area (Å²) in [7, 11) is -1.80. The summed E-state index contributed by atoms with van der Waals surface area (Å²) in [5.74, 6) is 0.570. The van der Waals surface area contributed by atoms with Crippen molar-refractivity contribution >= 4 is 34.1 Å². The molecule has 0 saturated heterocycles. The molecule has 0 fully saturated rings. The van der Waals surface area contributed by atoms with Gasteiger partial charge in [-0.05, 0) is 49.0 Å². The lowest BCUT2D eigenvalue weighted by Crippen LogP contribution is -2.01. The molecule has 3 rings (SSSR count). The summed E-state index contributed by atoms with van der Waals surface area (Å²) in [5.41, 5.74) is 1.38. The van der Waals surface area contributed by atoms with Crippen LogP contribution in [0.15, 0.2) is 47.5 Å². The lowest BCUT2D eigenvalue weighted by atomic mass is 10.3. The Labute approximate surface area is 145 Å². The number of aromatic nitrogens is 4. The quantitative estimate of drug-likeness (QED) is 0.668. The summed E-state index contributed by atoms with van der Waals surface area (Å²) in [6.45, 7) is 0. The second-order valence-corrected chi connectivity index (χ2v) is 9.10. The predicted octanol–water partition coefficient (Wildman–Crippen LogP) is 4.54. The second-order valence-electron chi connectivity index (χ2n) is 5.29. The number of rotatable bonds is 3. The first-order chi connectivity index (χ1) is 10.9. The molecular formula is C15H15ClN4OS2. The third-order valence-electron chi connectivity index (χ3n) is 3.31. The van der Waals surface area contributed by atoms with E-state index in [1.54, 1.807) is 29.3 Å². The minimum absolute atomic E-state index is 0.437. The van der Waals surface area contributed by atoms with Gasteiger partial charge in [0, 0.05) is 11.1 Å². The van der Waals surface area contributed by atoms with Crippen LogP contribution in [0.2, 0.25) is 5.02 Å². The zero-order valence-electron chi connectivity index (χ0n) is 12.5. The van der Waals surface area contributed by atoms with E-state index >= 15 is 0 Å². The van der Waals surface area contributed by atoms with E-state index in [0.29, 0.717) is 21.3 Å². The first-order valence-electron chi connectivity index (χ1n) is 6.72. The Morgan fingerprint density at radius 3 is 2.57 bits per heavy atom. The first kappa shape index (κ1) is 16.2. The summed E-state index contributed by atoms with van der Waals surface area (Å²) in [4.78, 5) is 5.22.